The lowest BCUT2D eigenvalue weighted by molar-refractivity contribution is -0.00000197. The largest absolute Gasteiger partial charge is 1.00 e. The number of halogens is 1. The molecule has 0 saturated heterocycles. The molecule has 1 aliphatic heterocycles. The molecule has 56 valence electrons. The van der Waals surface area contributed by atoms with Crippen molar-refractivity contribution in [1.29, 1.82) is 0 Å². The molecule has 0 radical (unpaired) electrons. The van der Waals surface area contributed by atoms with Crippen LogP contribution in [0.25, 0.3) is 0 Å². The first-order valence-electron chi connectivity index (χ1n) is 3.32. The molecule has 0 aromatic heterocycles. The van der Waals surface area contributed by atoms with E-state index >= 15 is 0 Å². The van der Waals surface area contributed by atoms with Crippen LogP contribution in [-0.2, 0) is 0 Å². The summed E-state index contributed by atoms with van der Waals surface area (Å²) in [6, 6.07) is 0. The van der Waals surface area contributed by atoms with Crippen LogP contribution in [0, 0.1) is 0 Å². The van der Waals surface area contributed by atoms with Crippen molar-refractivity contribution in [3.63, 3.8) is 0 Å². The fraction of sp³-hybridized carbons (Fsp3) is 0.571. The lowest BCUT2D eigenvalue weighted by Gasteiger charge is -1.98. The maximum Gasteiger partial charge on any atom is 0.255 e. The molecule has 2 nitrogen and oxygen atoms in total. The summed E-state index contributed by atoms with van der Waals surface area (Å²) < 4.78 is 0. The molecule has 0 aromatic carbocycles. The van der Waals surface area contributed by atoms with Crippen molar-refractivity contribution in [3.05, 3.63) is 12.4 Å². The Morgan fingerprint density at radius 1 is 1.60 bits per heavy atom. The maximum atomic E-state index is 3.81. The summed E-state index contributed by atoms with van der Waals surface area (Å²) >= 11 is 0. The summed E-state index contributed by atoms with van der Waals surface area (Å²) in [7, 11) is 0. The molecule has 0 bridgehead atoms. The van der Waals surface area contributed by atoms with Crippen LogP contribution in [0.15, 0.2) is 17.4 Å². The molecule has 1 aliphatic rings. The van der Waals surface area contributed by atoms with Gasteiger partial charge in [0, 0.05) is 0 Å². The highest BCUT2D eigenvalue weighted by Gasteiger charge is 2.07. The molecule has 0 aliphatic carbocycles. The van der Waals surface area contributed by atoms with Crippen molar-refractivity contribution >= 4 is 6.34 Å². The van der Waals surface area contributed by atoms with Crippen molar-refractivity contribution in [3.8, 4) is 0 Å². The minimum atomic E-state index is 0. The van der Waals surface area contributed by atoms with Crippen molar-refractivity contribution in [2.45, 2.75) is 19.8 Å². The third-order valence-corrected chi connectivity index (χ3v) is 1.26. The first-order chi connectivity index (χ1) is 4.43. The van der Waals surface area contributed by atoms with E-state index < -0.39 is 0 Å². The Balaban J connectivity index is 0.000000810. The van der Waals surface area contributed by atoms with Gasteiger partial charge in [0.1, 0.15) is 0 Å². The molecule has 0 amide bonds. The molecule has 0 aromatic rings. The highest BCUT2D eigenvalue weighted by Crippen LogP contribution is 1.97. The van der Waals surface area contributed by atoms with Crippen molar-refractivity contribution < 1.29 is 17.0 Å². The second kappa shape index (κ2) is 5.39. The smallest absolute Gasteiger partial charge is 0.255 e. The fourth-order valence-corrected chi connectivity index (χ4v) is 0.708. The van der Waals surface area contributed by atoms with Gasteiger partial charge in [0.05, 0.1) is 6.54 Å². The van der Waals surface area contributed by atoms with Gasteiger partial charge >= 0.3 is 0 Å². The van der Waals surface area contributed by atoms with Crippen LogP contribution in [0.2, 0.25) is 0 Å². The summed E-state index contributed by atoms with van der Waals surface area (Å²) in [5, 5.41) is 0. The zero-order valence-corrected chi connectivity index (χ0v) is 7.63. The Hall–Kier alpha value is -0.400. The second-order valence-electron chi connectivity index (χ2n) is 2.07. The van der Waals surface area contributed by atoms with Crippen molar-refractivity contribution in [2.75, 3.05) is 6.54 Å². The molecule has 0 unspecified atom stereocenters. The molecule has 0 fully saturated rings. The van der Waals surface area contributed by atoms with Gasteiger partial charge in [-0.3, -0.25) is 0 Å². The van der Waals surface area contributed by atoms with Gasteiger partial charge in [0.2, 0.25) is 6.20 Å². The molecule has 0 spiro atoms. The second-order valence-corrected chi connectivity index (χ2v) is 2.07. The highest BCUT2D eigenvalue weighted by molar-refractivity contribution is 5.59. The van der Waals surface area contributed by atoms with E-state index in [0.717, 1.165) is 6.54 Å². The summed E-state index contributed by atoms with van der Waals surface area (Å²) in [5.74, 6) is 0. The van der Waals surface area contributed by atoms with E-state index in [0.29, 0.717) is 0 Å². The highest BCUT2D eigenvalue weighted by atomic mass is 79.9. The number of rotatable bonds is 3. The average Bonchev–Trinajstić information content (AvgIpc) is 2.34. The van der Waals surface area contributed by atoms with Crippen LogP contribution in [0.3, 0.4) is 0 Å². The Kier molecular flexibility index (Phi) is 5.17. The maximum absolute atomic E-state index is 3.81. The summed E-state index contributed by atoms with van der Waals surface area (Å²) in [6.45, 7) is 3.23. The van der Waals surface area contributed by atoms with Crippen LogP contribution in [0.5, 0.6) is 0 Å². The number of aliphatic imine (C=N–C) groups is 1. The fourth-order valence-electron chi connectivity index (χ4n) is 0.708. The predicted molar refractivity (Wildman–Crippen MR) is 38.2 cm³/mol. The summed E-state index contributed by atoms with van der Waals surface area (Å²) in [6.07, 6.45) is 8.98. The zero-order valence-electron chi connectivity index (χ0n) is 6.05. The van der Waals surface area contributed by atoms with E-state index in [2.05, 4.69) is 18.3 Å². The van der Waals surface area contributed by atoms with Gasteiger partial charge in [0.25, 0.3) is 6.34 Å². The Bertz CT molecular complexity index is 120. The van der Waals surface area contributed by atoms with E-state index in [1.807, 2.05) is 11.1 Å². The minimum Gasteiger partial charge on any atom is -1.00 e. The molecular formula is C7H11BrN2. The van der Waals surface area contributed by atoms with Gasteiger partial charge in [0.15, 0.2) is 6.20 Å². The van der Waals surface area contributed by atoms with Crippen molar-refractivity contribution in [2.24, 2.45) is 4.99 Å². The quantitative estimate of drug-likeness (QED) is 0.509. The molecule has 0 saturated carbocycles. The monoisotopic (exact) mass is 202 g/mol. The van der Waals surface area contributed by atoms with E-state index in [4.69, 9.17) is 0 Å². The van der Waals surface area contributed by atoms with Gasteiger partial charge in [-0.15, -0.1) is 0 Å². The number of unbranched alkanes of at least 4 members (excludes halogenated alkanes) is 1. The van der Waals surface area contributed by atoms with E-state index in [-0.39, 0.29) is 17.0 Å². The lowest BCUT2D eigenvalue weighted by Crippen LogP contribution is -3.00. The SMILES string of the molecule is CCCCN1[C+]=NC=C1.[Br-]. The van der Waals surface area contributed by atoms with Gasteiger partial charge < -0.3 is 17.0 Å². The van der Waals surface area contributed by atoms with Gasteiger partial charge in [-0.05, 0) is 11.4 Å². The van der Waals surface area contributed by atoms with Crippen LogP contribution in [-0.4, -0.2) is 17.8 Å². The van der Waals surface area contributed by atoms with Crippen LogP contribution in [0.4, 0.5) is 0 Å². The third kappa shape index (κ3) is 2.95. The molecule has 0 N–H and O–H groups in total. The first-order valence-corrected chi connectivity index (χ1v) is 3.32. The summed E-state index contributed by atoms with van der Waals surface area (Å²) in [4.78, 5) is 5.79. The Labute approximate surface area is 72.4 Å². The molecule has 3 heteroatoms. The number of nitrogens with zero attached hydrogens (tertiary/aromatic N) is 2. The van der Waals surface area contributed by atoms with Crippen LogP contribution in [0.1, 0.15) is 19.8 Å². The topological polar surface area (TPSA) is 15.6 Å². The third-order valence-electron chi connectivity index (χ3n) is 1.26. The predicted octanol–water partition coefficient (Wildman–Crippen LogP) is -1.52. The van der Waals surface area contributed by atoms with Gasteiger partial charge in [-0.1, -0.05) is 13.3 Å². The lowest BCUT2D eigenvalue weighted by atomic mass is 10.3. The molecule has 10 heavy (non-hydrogen) atoms. The van der Waals surface area contributed by atoms with E-state index in [9.17, 15) is 0 Å². The minimum absolute atomic E-state index is 0. The van der Waals surface area contributed by atoms with Crippen LogP contribution < -0.4 is 17.0 Å². The van der Waals surface area contributed by atoms with Crippen LogP contribution >= 0.6 is 0 Å². The van der Waals surface area contributed by atoms with Crippen molar-refractivity contribution in [1.82, 2.24) is 4.90 Å². The molecule has 1 heterocycles. The Morgan fingerprint density at radius 2 is 2.40 bits per heavy atom. The molecular weight excluding hydrogens is 192 g/mol. The molecule has 0 atom stereocenters. The van der Waals surface area contributed by atoms with E-state index in [1.54, 1.807) is 6.20 Å². The number of hydrogen-bond acceptors (Lipinski definition) is 2. The number of hydrogen-bond donors (Lipinski definition) is 0. The average molecular weight is 203 g/mol. The Morgan fingerprint density at radius 3 is 2.90 bits per heavy atom. The first kappa shape index (κ1) is 9.60. The molecule has 1 rings (SSSR count). The van der Waals surface area contributed by atoms with E-state index in [1.165, 1.54) is 12.8 Å². The standard InChI is InChI=1S/C7H11N2.BrH/c1-2-3-5-9-6-4-8-7-9;/h4,6H,2-3,5H2,1H3;1H/q+1;/p-1. The van der Waals surface area contributed by atoms with Gasteiger partial charge in [-0.2, -0.15) is 4.90 Å². The zero-order chi connectivity index (χ0) is 6.53. The van der Waals surface area contributed by atoms with Gasteiger partial charge in [-0.25, -0.2) is 0 Å². The normalized spacial score (nSPS) is 13.1. The summed E-state index contributed by atoms with van der Waals surface area (Å²) in [5.41, 5.74) is 0.